The number of hydrogen-bond donors (Lipinski definition) is 0. The van der Waals surface area contributed by atoms with E-state index in [1.54, 1.807) is 7.05 Å². The summed E-state index contributed by atoms with van der Waals surface area (Å²) < 4.78 is 5.21. The Hall–Kier alpha value is -1.95. The van der Waals surface area contributed by atoms with E-state index < -0.39 is 5.54 Å². The fourth-order valence-corrected chi connectivity index (χ4v) is 1.69. The van der Waals surface area contributed by atoms with Crippen LogP contribution in [0.1, 0.15) is 18.4 Å². The molecule has 1 aromatic rings. The molecule has 88 valence electrons. The Balaban J connectivity index is 1.88. The Morgan fingerprint density at radius 1 is 1.47 bits per heavy atom. The van der Waals surface area contributed by atoms with Gasteiger partial charge in [-0.3, -0.25) is 4.90 Å². The summed E-state index contributed by atoms with van der Waals surface area (Å²) in [5, 5.41) is 0. The average Bonchev–Trinajstić information content (AvgIpc) is 3.17. The van der Waals surface area contributed by atoms with E-state index >= 15 is 0 Å². The third-order valence-corrected chi connectivity index (χ3v) is 3.11. The minimum atomic E-state index is -0.395. The van der Waals surface area contributed by atoms with Gasteiger partial charge in [0.25, 0.3) is 0 Å². The van der Waals surface area contributed by atoms with Crippen LogP contribution in [0, 0.1) is 12.3 Å². The second kappa shape index (κ2) is 4.50. The first-order valence-electron chi connectivity index (χ1n) is 5.60. The van der Waals surface area contributed by atoms with Gasteiger partial charge >= 0.3 is 6.09 Å². The van der Waals surface area contributed by atoms with E-state index in [1.165, 1.54) is 4.90 Å². The van der Waals surface area contributed by atoms with Gasteiger partial charge in [-0.1, -0.05) is 36.3 Å². The number of rotatable bonds is 3. The molecule has 3 nitrogen and oxygen atoms in total. The highest BCUT2D eigenvalue weighted by molar-refractivity contribution is 5.70. The molecule has 0 unspecified atom stereocenters. The summed E-state index contributed by atoms with van der Waals surface area (Å²) >= 11 is 0. The van der Waals surface area contributed by atoms with Crippen LogP contribution >= 0.6 is 0 Å². The second-order valence-electron chi connectivity index (χ2n) is 4.28. The number of benzene rings is 1. The van der Waals surface area contributed by atoms with E-state index in [0.29, 0.717) is 0 Å². The van der Waals surface area contributed by atoms with Crippen molar-refractivity contribution in [2.75, 3.05) is 7.05 Å². The van der Waals surface area contributed by atoms with Crippen LogP contribution in [0.25, 0.3) is 0 Å². The first kappa shape index (κ1) is 11.5. The second-order valence-corrected chi connectivity index (χ2v) is 4.28. The Labute approximate surface area is 101 Å². The van der Waals surface area contributed by atoms with Crippen molar-refractivity contribution in [1.82, 2.24) is 4.90 Å². The summed E-state index contributed by atoms with van der Waals surface area (Å²) in [6.45, 7) is 0.282. The minimum absolute atomic E-state index is 0.282. The van der Waals surface area contributed by atoms with Gasteiger partial charge in [0, 0.05) is 7.05 Å². The maximum Gasteiger partial charge on any atom is 0.411 e. The topological polar surface area (TPSA) is 29.5 Å². The van der Waals surface area contributed by atoms with E-state index in [-0.39, 0.29) is 12.7 Å². The molecular formula is C14H15NO2. The van der Waals surface area contributed by atoms with Crippen LogP contribution in [-0.2, 0) is 11.3 Å². The Morgan fingerprint density at radius 3 is 2.65 bits per heavy atom. The van der Waals surface area contributed by atoms with E-state index in [9.17, 15) is 4.79 Å². The molecule has 0 aliphatic heterocycles. The van der Waals surface area contributed by atoms with Crippen molar-refractivity contribution in [2.24, 2.45) is 0 Å². The third-order valence-electron chi connectivity index (χ3n) is 3.11. The highest BCUT2D eigenvalue weighted by Crippen LogP contribution is 2.40. The van der Waals surface area contributed by atoms with Gasteiger partial charge in [0.15, 0.2) is 0 Å². The molecule has 1 aromatic carbocycles. The lowest BCUT2D eigenvalue weighted by molar-refractivity contribution is 0.0951. The summed E-state index contributed by atoms with van der Waals surface area (Å²) in [7, 11) is 1.69. The number of amides is 1. The van der Waals surface area contributed by atoms with Crippen molar-refractivity contribution < 1.29 is 9.53 Å². The number of carbonyl (C=O) groups excluding carboxylic acids is 1. The van der Waals surface area contributed by atoms with Crippen molar-refractivity contribution in [3.05, 3.63) is 35.9 Å². The van der Waals surface area contributed by atoms with E-state index in [4.69, 9.17) is 11.2 Å². The number of nitrogens with zero attached hydrogens (tertiary/aromatic N) is 1. The summed E-state index contributed by atoms with van der Waals surface area (Å²) in [5.74, 6) is 2.66. The molecule has 2 rings (SSSR count). The van der Waals surface area contributed by atoms with Crippen LogP contribution in [0.3, 0.4) is 0 Å². The highest BCUT2D eigenvalue weighted by atomic mass is 16.6. The fourth-order valence-electron chi connectivity index (χ4n) is 1.69. The van der Waals surface area contributed by atoms with Crippen molar-refractivity contribution >= 4 is 6.09 Å². The molecule has 0 heterocycles. The molecule has 1 saturated carbocycles. The van der Waals surface area contributed by atoms with Crippen LogP contribution in [0.2, 0.25) is 0 Å². The van der Waals surface area contributed by atoms with Crippen molar-refractivity contribution in [2.45, 2.75) is 25.0 Å². The lowest BCUT2D eigenvalue weighted by atomic mass is 10.2. The van der Waals surface area contributed by atoms with E-state index in [2.05, 4.69) is 5.92 Å². The van der Waals surface area contributed by atoms with Gasteiger partial charge in [-0.2, -0.15) is 0 Å². The fraction of sp³-hybridized carbons (Fsp3) is 0.357. The largest absolute Gasteiger partial charge is 0.445 e. The standard InChI is InChI=1S/C14H15NO2/c1-3-14(9-10-14)15(2)13(16)17-11-12-7-5-4-6-8-12/h1,4-8H,9-11H2,2H3. The van der Waals surface area contributed by atoms with Gasteiger partial charge < -0.3 is 4.74 Å². The van der Waals surface area contributed by atoms with Crippen molar-refractivity contribution in [1.29, 1.82) is 0 Å². The Kier molecular flexibility index (Phi) is 3.06. The van der Waals surface area contributed by atoms with Crippen molar-refractivity contribution in [3.63, 3.8) is 0 Å². The lowest BCUT2D eigenvalue weighted by Gasteiger charge is -2.22. The molecule has 0 radical (unpaired) electrons. The summed E-state index contributed by atoms with van der Waals surface area (Å²) in [6, 6.07) is 9.59. The maximum absolute atomic E-state index is 11.8. The SMILES string of the molecule is C#CC1(N(C)C(=O)OCc2ccccc2)CC1. The molecular weight excluding hydrogens is 214 g/mol. The van der Waals surface area contributed by atoms with Gasteiger partial charge in [-0.25, -0.2) is 4.79 Å². The van der Waals surface area contributed by atoms with Crippen LogP contribution in [0.5, 0.6) is 0 Å². The van der Waals surface area contributed by atoms with Crippen LogP contribution in [0.15, 0.2) is 30.3 Å². The highest BCUT2D eigenvalue weighted by Gasteiger charge is 2.47. The summed E-state index contributed by atoms with van der Waals surface area (Å²) in [5.41, 5.74) is 0.577. The first-order chi connectivity index (χ1) is 8.18. The molecule has 0 aromatic heterocycles. The predicted octanol–water partition coefficient (Wildman–Crippen LogP) is 2.42. The molecule has 0 bridgehead atoms. The normalized spacial score (nSPS) is 15.8. The molecule has 0 saturated heterocycles. The molecule has 0 N–H and O–H groups in total. The number of hydrogen-bond acceptors (Lipinski definition) is 2. The summed E-state index contributed by atoms with van der Waals surface area (Å²) in [6.07, 6.45) is 6.78. The van der Waals surface area contributed by atoms with Gasteiger partial charge in [0.1, 0.15) is 12.1 Å². The van der Waals surface area contributed by atoms with Gasteiger partial charge in [-0.15, -0.1) is 6.42 Å². The van der Waals surface area contributed by atoms with Crippen LogP contribution in [0.4, 0.5) is 4.79 Å². The van der Waals surface area contributed by atoms with E-state index in [0.717, 1.165) is 18.4 Å². The van der Waals surface area contributed by atoms with E-state index in [1.807, 2.05) is 30.3 Å². The molecule has 3 heteroatoms. The maximum atomic E-state index is 11.8. The average molecular weight is 229 g/mol. The zero-order chi connectivity index (χ0) is 12.3. The smallest absolute Gasteiger partial charge is 0.411 e. The summed E-state index contributed by atoms with van der Waals surface area (Å²) in [4.78, 5) is 13.3. The minimum Gasteiger partial charge on any atom is -0.445 e. The lowest BCUT2D eigenvalue weighted by Crippen LogP contribution is -2.38. The monoisotopic (exact) mass is 229 g/mol. The molecule has 1 fully saturated rings. The van der Waals surface area contributed by atoms with Crippen LogP contribution < -0.4 is 0 Å². The molecule has 0 atom stereocenters. The number of terminal acetylenes is 1. The predicted molar refractivity (Wildman–Crippen MR) is 65.2 cm³/mol. The molecule has 1 amide bonds. The number of ether oxygens (including phenoxy) is 1. The zero-order valence-electron chi connectivity index (χ0n) is 9.85. The van der Waals surface area contributed by atoms with Gasteiger partial charge in [0.2, 0.25) is 0 Å². The molecule has 0 spiro atoms. The molecule has 1 aliphatic carbocycles. The van der Waals surface area contributed by atoms with Gasteiger partial charge in [0.05, 0.1) is 0 Å². The molecule has 1 aliphatic rings. The zero-order valence-corrected chi connectivity index (χ0v) is 9.85. The van der Waals surface area contributed by atoms with Crippen LogP contribution in [-0.4, -0.2) is 23.6 Å². The quantitative estimate of drug-likeness (QED) is 0.745. The molecule has 17 heavy (non-hydrogen) atoms. The Bertz CT molecular complexity index is 443. The van der Waals surface area contributed by atoms with Gasteiger partial charge in [-0.05, 0) is 18.4 Å². The first-order valence-corrected chi connectivity index (χ1v) is 5.60. The Morgan fingerprint density at radius 2 is 2.12 bits per heavy atom. The number of carbonyl (C=O) groups is 1. The van der Waals surface area contributed by atoms with Crippen molar-refractivity contribution in [3.8, 4) is 12.3 Å². The third kappa shape index (κ3) is 2.42.